The highest BCUT2D eigenvalue weighted by Gasteiger charge is 2.42. The molecule has 2 nitrogen and oxygen atoms in total. The molecule has 1 N–H and O–H groups in total. The largest absolute Gasteiger partial charge is 0.390 e. The average molecular weight is 264 g/mol. The summed E-state index contributed by atoms with van der Waals surface area (Å²) in [6.07, 6.45) is -1.42. The zero-order valence-electron chi connectivity index (χ0n) is 11.2. The number of hydrogen-bond acceptors (Lipinski definition) is 2. The van der Waals surface area contributed by atoms with Crippen molar-refractivity contribution in [2.75, 3.05) is 19.6 Å². The van der Waals surface area contributed by atoms with Crippen molar-refractivity contribution in [3.05, 3.63) is 0 Å². The molecule has 2 unspecified atom stereocenters. The fourth-order valence-electron chi connectivity index (χ4n) is 2.80. The topological polar surface area (TPSA) is 15.3 Å². The molecule has 1 aliphatic heterocycles. The van der Waals surface area contributed by atoms with Gasteiger partial charge in [-0.2, -0.15) is 13.2 Å². The van der Waals surface area contributed by atoms with Crippen LogP contribution in [0, 0.1) is 5.92 Å². The third-order valence-electron chi connectivity index (χ3n) is 4.39. The van der Waals surface area contributed by atoms with Crippen molar-refractivity contribution in [2.24, 2.45) is 5.92 Å². The predicted molar refractivity (Wildman–Crippen MR) is 65.5 cm³/mol. The second kappa shape index (κ2) is 5.00. The molecular formula is C13H23F3N2. The minimum atomic E-state index is -4.04. The minimum Gasteiger partial charge on any atom is -0.309 e. The lowest BCUT2D eigenvalue weighted by molar-refractivity contribution is -0.141. The third-order valence-corrected chi connectivity index (χ3v) is 4.39. The number of alkyl halides is 3. The standard InChI is InChI=1S/C13H23F3N2/c1-3-12(2)9-18(7-6-13(14,15)16)11(8-17-12)10-4-5-10/h10-11,17H,3-9H2,1-2H3. The lowest BCUT2D eigenvalue weighted by atomic mass is 9.92. The first-order chi connectivity index (χ1) is 8.33. The quantitative estimate of drug-likeness (QED) is 0.840. The molecule has 2 fully saturated rings. The molecule has 0 radical (unpaired) electrons. The molecule has 1 saturated carbocycles. The first-order valence-corrected chi connectivity index (χ1v) is 6.89. The Morgan fingerprint density at radius 3 is 2.50 bits per heavy atom. The molecule has 2 rings (SSSR count). The van der Waals surface area contributed by atoms with Crippen LogP contribution in [0.25, 0.3) is 0 Å². The summed E-state index contributed by atoms with van der Waals surface area (Å²) in [5.74, 6) is 0.618. The smallest absolute Gasteiger partial charge is 0.309 e. The van der Waals surface area contributed by atoms with Crippen LogP contribution in [0.15, 0.2) is 0 Å². The van der Waals surface area contributed by atoms with Gasteiger partial charge in [-0.05, 0) is 32.1 Å². The Balaban J connectivity index is 1.96. The number of nitrogens with zero attached hydrogens (tertiary/aromatic N) is 1. The van der Waals surface area contributed by atoms with Gasteiger partial charge in [-0.1, -0.05) is 6.92 Å². The van der Waals surface area contributed by atoms with Gasteiger partial charge in [0.25, 0.3) is 0 Å². The van der Waals surface area contributed by atoms with Crippen LogP contribution in [-0.4, -0.2) is 42.3 Å². The summed E-state index contributed by atoms with van der Waals surface area (Å²) in [6.45, 7) is 5.93. The highest BCUT2D eigenvalue weighted by Crippen LogP contribution is 2.38. The summed E-state index contributed by atoms with van der Waals surface area (Å²) in [6, 6.07) is 0.312. The molecule has 106 valence electrons. The van der Waals surface area contributed by atoms with Gasteiger partial charge in [0.2, 0.25) is 0 Å². The Hall–Kier alpha value is -0.290. The number of rotatable bonds is 4. The van der Waals surface area contributed by atoms with Gasteiger partial charge in [-0.3, -0.25) is 4.90 Å². The van der Waals surface area contributed by atoms with E-state index in [-0.39, 0.29) is 12.1 Å². The monoisotopic (exact) mass is 264 g/mol. The van der Waals surface area contributed by atoms with E-state index in [0.717, 1.165) is 19.5 Å². The van der Waals surface area contributed by atoms with Crippen molar-refractivity contribution in [1.29, 1.82) is 0 Å². The van der Waals surface area contributed by atoms with E-state index in [1.165, 1.54) is 12.8 Å². The Kier molecular flexibility index (Phi) is 3.93. The second-order valence-corrected chi connectivity index (χ2v) is 6.04. The van der Waals surface area contributed by atoms with Gasteiger partial charge in [0.05, 0.1) is 6.42 Å². The molecule has 0 aromatic carbocycles. The van der Waals surface area contributed by atoms with Crippen LogP contribution in [-0.2, 0) is 0 Å². The molecule has 0 aromatic rings. The zero-order valence-corrected chi connectivity index (χ0v) is 11.2. The molecule has 5 heteroatoms. The third kappa shape index (κ3) is 3.60. The lowest BCUT2D eigenvalue weighted by Crippen LogP contribution is -2.63. The molecule has 0 aromatic heterocycles. The maximum Gasteiger partial charge on any atom is 0.390 e. The van der Waals surface area contributed by atoms with E-state index in [1.54, 1.807) is 0 Å². The average Bonchev–Trinajstić information content (AvgIpc) is 3.10. The van der Waals surface area contributed by atoms with E-state index in [1.807, 2.05) is 0 Å². The Morgan fingerprint density at radius 1 is 1.33 bits per heavy atom. The Bertz CT molecular complexity index is 288. The van der Waals surface area contributed by atoms with Crippen molar-refractivity contribution in [2.45, 2.75) is 57.3 Å². The summed E-state index contributed by atoms with van der Waals surface area (Å²) in [5.41, 5.74) is -0.0308. The van der Waals surface area contributed by atoms with Crippen molar-refractivity contribution in [3.8, 4) is 0 Å². The molecule has 0 amide bonds. The van der Waals surface area contributed by atoms with Crippen LogP contribution in [0.4, 0.5) is 13.2 Å². The van der Waals surface area contributed by atoms with Gasteiger partial charge >= 0.3 is 6.18 Å². The SMILES string of the molecule is CCC1(C)CN(CCC(F)(F)F)C(C2CC2)CN1. The maximum absolute atomic E-state index is 12.4. The van der Waals surface area contributed by atoms with E-state index < -0.39 is 12.6 Å². The van der Waals surface area contributed by atoms with E-state index in [0.29, 0.717) is 12.0 Å². The fraction of sp³-hybridized carbons (Fsp3) is 1.00. The number of halogens is 3. The van der Waals surface area contributed by atoms with Gasteiger partial charge < -0.3 is 5.32 Å². The summed E-state index contributed by atoms with van der Waals surface area (Å²) in [7, 11) is 0. The zero-order chi connectivity index (χ0) is 13.4. The molecule has 1 aliphatic carbocycles. The van der Waals surface area contributed by atoms with Crippen molar-refractivity contribution < 1.29 is 13.2 Å². The summed E-state index contributed by atoms with van der Waals surface area (Å²) < 4.78 is 37.2. The van der Waals surface area contributed by atoms with Crippen molar-refractivity contribution in [1.82, 2.24) is 10.2 Å². The number of piperazine rings is 1. The highest BCUT2D eigenvalue weighted by molar-refractivity contribution is 4.99. The summed E-state index contributed by atoms with van der Waals surface area (Å²) in [5, 5.41) is 3.52. The minimum absolute atomic E-state index is 0.0308. The predicted octanol–water partition coefficient (Wildman–Crippen LogP) is 2.79. The van der Waals surface area contributed by atoms with Gasteiger partial charge in [0.1, 0.15) is 0 Å². The van der Waals surface area contributed by atoms with Crippen LogP contribution >= 0.6 is 0 Å². The van der Waals surface area contributed by atoms with Gasteiger partial charge in [0, 0.05) is 31.2 Å². The molecular weight excluding hydrogens is 241 g/mol. The fourth-order valence-corrected chi connectivity index (χ4v) is 2.80. The van der Waals surface area contributed by atoms with Crippen LogP contribution in [0.3, 0.4) is 0 Å². The molecule has 0 spiro atoms. The van der Waals surface area contributed by atoms with Crippen molar-refractivity contribution in [3.63, 3.8) is 0 Å². The van der Waals surface area contributed by atoms with E-state index >= 15 is 0 Å². The second-order valence-electron chi connectivity index (χ2n) is 6.04. The maximum atomic E-state index is 12.4. The summed E-state index contributed by atoms with van der Waals surface area (Å²) >= 11 is 0. The van der Waals surface area contributed by atoms with Gasteiger partial charge in [0.15, 0.2) is 0 Å². The van der Waals surface area contributed by atoms with Gasteiger partial charge in [-0.15, -0.1) is 0 Å². The van der Waals surface area contributed by atoms with E-state index in [4.69, 9.17) is 0 Å². The van der Waals surface area contributed by atoms with E-state index in [2.05, 4.69) is 24.1 Å². The van der Waals surface area contributed by atoms with Gasteiger partial charge in [-0.25, -0.2) is 0 Å². The molecule has 0 bridgehead atoms. The Labute approximate surface area is 107 Å². The summed E-state index contributed by atoms with van der Waals surface area (Å²) in [4.78, 5) is 2.07. The van der Waals surface area contributed by atoms with Crippen LogP contribution in [0.5, 0.6) is 0 Å². The van der Waals surface area contributed by atoms with Crippen LogP contribution in [0.1, 0.15) is 39.5 Å². The molecule has 2 aliphatic rings. The lowest BCUT2D eigenvalue weighted by Gasteiger charge is -2.46. The van der Waals surface area contributed by atoms with Crippen LogP contribution < -0.4 is 5.32 Å². The van der Waals surface area contributed by atoms with E-state index in [9.17, 15) is 13.2 Å². The highest BCUT2D eigenvalue weighted by atomic mass is 19.4. The van der Waals surface area contributed by atoms with Crippen molar-refractivity contribution >= 4 is 0 Å². The van der Waals surface area contributed by atoms with Crippen LogP contribution in [0.2, 0.25) is 0 Å². The molecule has 1 saturated heterocycles. The first-order valence-electron chi connectivity index (χ1n) is 6.89. The Morgan fingerprint density at radius 2 is 2.00 bits per heavy atom. The normalized spacial score (nSPS) is 34.8. The molecule has 18 heavy (non-hydrogen) atoms. The number of nitrogens with one attached hydrogen (secondary N) is 1. The molecule has 1 heterocycles. The first kappa shape index (κ1) is 14.1. The number of hydrogen-bond donors (Lipinski definition) is 1. The molecule has 2 atom stereocenters.